The largest absolute Gasteiger partial charge is 0.370 e. The van der Waals surface area contributed by atoms with Crippen LogP contribution in [0.25, 0.3) is 5.69 Å². The SMILES string of the molecule is CCN1CCCC1CNC(N)=NCc1ccccc1-n1ccc(C)n1. The average molecular weight is 340 g/mol. The Morgan fingerprint density at radius 2 is 2.20 bits per heavy atom. The molecule has 6 heteroatoms. The van der Waals surface area contributed by atoms with E-state index in [1.807, 2.05) is 36.0 Å². The number of likely N-dealkylation sites (tertiary alicyclic amines) is 1. The van der Waals surface area contributed by atoms with E-state index in [-0.39, 0.29) is 0 Å². The first-order valence-electron chi connectivity index (χ1n) is 9.05. The summed E-state index contributed by atoms with van der Waals surface area (Å²) in [6, 6.07) is 10.7. The Hall–Kier alpha value is -2.34. The molecule has 3 N–H and O–H groups in total. The number of nitrogens with zero attached hydrogens (tertiary/aromatic N) is 4. The highest BCUT2D eigenvalue weighted by molar-refractivity contribution is 5.77. The van der Waals surface area contributed by atoms with E-state index in [0.717, 1.165) is 30.0 Å². The predicted octanol–water partition coefficient (Wildman–Crippen LogP) is 2.07. The number of para-hydroxylation sites is 1. The monoisotopic (exact) mass is 340 g/mol. The fourth-order valence-corrected chi connectivity index (χ4v) is 3.41. The second kappa shape index (κ2) is 8.16. The Morgan fingerprint density at radius 1 is 1.36 bits per heavy atom. The van der Waals surface area contributed by atoms with Crippen LogP contribution in [0.5, 0.6) is 0 Å². The normalized spacial score (nSPS) is 18.6. The van der Waals surface area contributed by atoms with E-state index in [2.05, 4.69) is 39.4 Å². The van der Waals surface area contributed by atoms with E-state index < -0.39 is 0 Å². The van der Waals surface area contributed by atoms with Gasteiger partial charge in [0.25, 0.3) is 0 Å². The van der Waals surface area contributed by atoms with Gasteiger partial charge >= 0.3 is 0 Å². The number of guanidine groups is 1. The van der Waals surface area contributed by atoms with Crippen LogP contribution in [-0.2, 0) is 6.54 Å². The summed E-state index contributed by atoms with van der Waals surface area (Å²) in [4.78, 5) is 7.02. The van der Waals surface area contributed by atoms with E-state index in [4.69, 9.17) is 5.73 Å². The lowest BCUT2D eigenvalue weighted by Crippen LogP contribution is -2.42. The van der Waals surface area contributed by atoms with Crippen LogP contribution in [0, 0.1) is 6.92 Å². The van der Waals surface area contributed by atoms with Gasteiger partial charge in [-0.3, -0.25) is 4.90 Å². The molecule has 1 saturated heterocycles. The van der Waals surface area contributed by atoms with Crippen molar-refractivity contribution in [1.29, 1.82) is 0 Å². The maximum absolute atomic E-state index is 6.08. The predicted molar refractivity (Wildman–Crippen MR) is 102 cm³/mol. The molecule has 2 heterocycles. The fraction of sp³-hybridized carbons (Fsp3) is 0.474. The van der Waals surface area contributed by atoms with Gasteiger partial charge in [0.1, 0.15) is 0 Å². The number of aryl methyl sites for hydroxylation is 1. The van der Waals surface area contributed by atoms with Crippen molar-refractivity contribution in [3.63, 3.8) is 0 Å². The molecule has 1 aromatic carbocycles. The Balaban J connectivity index is 1.61. The number of aliphatic imine (C=N–C) groups is 1. The Kier molecular flexibility index (Phi) is 5.71. The third-order valence-electron chi connectivity index (χ3n) is 4.80. The number of nitrogens with two attached hydrogens (primary N) is 1. The van der Waals surface area contributed by atoms with Crippen molar-refractivity contribution in [2.45, 2.75) is 39.3 Å². The molecule has 3 rings (SSSR count). The van der Waals surface area contributed by atoms with Gasteiger partial charge in [-0.1, -0.05) is 25.1 Å². The number of rotatable bonds is 6. The van der Waals surface area contributed by atoms with Gasteiger partial charge in [-0.05, 0) is 50.6 Å². The number of hydrogen-bond donors (Lipinski definition) is 2. The molecule has 1 aliphatic heterocycles. The maximum Gasteiger partial charge on any atom is 0.188 e. The van der Waals surface area contributed by atoms with Crippen molar-refractivity contribution >= 4 is 5.96 Å². The maximum atomic E-state index is 6.08. The van der Waals surface area contributed by atoms with Crippen LogP contribution in [0.1, 0.15) is 31.0 Å². The zero-order valence-electron chi connectivity index (χ0n) is 15.2. The molecular formula is C19H28N6. The van der Waals surface area contributed by atoms with E-state index in [9.17, 15) is 0 Å². The van der Waals surface area contributed by atoms with Crippen LogP contribution in [0.2, 0.25) is 0 Å². The summed E-state index contributed by atoms with van der Waals surface area (Å²) in [7, 11) is 0. The van der Waals surface area contributed by atoms with Crippen molar-refractivity contribution in [3.05, 3.63) is 47.8 Å². The molecule has 0 spiro atoms. The van der Waals surface area contributed by atoms with Gasteiger partial charge in [0, 0.05) is 18.8 Å². The minimum atomic E-state index is 0.509. The summed E-state index contributed by atoms with van der Waals surface area (Å²) in [5.41, 5.74) is 9.22. The second-order valence-corrected chi connectivity index (χ2v) is 6.54. The van der Waals surface area contributed by atoms with Gasteiger partial charge in [0.05, 0.1) is 17.9 Å². The molecule has 0 saturated carbocycles. The highest BCUT2D eigenvalue weighted by Gasteiger charge is 2.22. The molecule has 0 aliphatic carbocycles. The van der Waals surface area contributed by atoms with E-state index in [1.165, 1.54) is 19.4 Å². The molecule has 1 aliphatic rings. The van der Waals surface area contributed by atoms with Gasteiger partial charge in [-0.25, -0.2) is 9.67 Å². The van der Waals surface area contributed by atoms with Gasteiger partial charge in [0.15, 0.2) is 5.96 Å². The first-order chi connectivity index (χ1) is 12.2. The molecule has 0 radical (unpaired) electrons. The number of nitrogens with one attached hydrogen (secondary N) is 1. The lowest BCUT2D eigenvalue weighted by Gasteiger charge is -2.23. The zero-order valence-corrected chi connectivity index (χ0v) is 15.2. The number of likely N-dealkylation sites (N-methyl/N-ethyl adjacent to an activating group) is 1. The number of hydrogen-bond acceptors (Lipinski definition) is 3. The zero-order chi connectivity index (χ0) is 17.6. The van der Waals surface area contributed by atoms with Gasteiger partial charge in [-0.2, -0.15) is 5.10 Å². The average Bonchev–Trinajstić information content (AvgIpc) is 3.26. The van der Waals surface area contributed by atoms with Gasteiger partial charge in [0.2, 0.25) is 0 Å². The molecule has 1 fully saturated rings. The van der Waals surface area contributed by atoms with E-state index in [0.29, 0.717) is 18.5 Å². The van der Waals surface area contributed by atoms with Crippen molar-refractivity contribution in [3.8, 4) is 5.69 Å². The lowest BCUT2D eigenvalue weighted by atomic mass is 10.2. The van der Waals surface area contributed by atoms with E-state index in [1.54, 1.807) is 0 Å². The lowest BCUT2D eigenvalue weighted by molar-refractivity contribution is 0.267. The number of aromatic nitrogens is 2. The van der Waals surface area contributed by atoms with Crippen LogP contribution in [0.15, 0.2) is 41.5 Å². The van der Waals surface area contributed by atoms with Gasteiger partial charge in [-0.15, -0.1) is 0 Å². The van der Waals surface area contributed by atoms with Crippen LogP contribution in [0.3, 0.4) is 0 Å². The molecular weight excluding hydrogens is 312 g/mol. The van der Waals surface area contributed by atoms with Crippen molar-refractivity contribution in [1.82, 2.24) is 20.0 Å². The highest BCUT2D eigenvalue weighted by atomic mass is 15.3. The topological polar surface area (TPSA) is 71.5 Å². The Bertz CT molecular complexity index is 720. The number of benzene rings is 1. The molecule has 134 valence electrons. The van der Waals surface area contributed by atoms with Crippen LogP contribution < -0.4 is 11.1 Å². The molecule has 0 amide bonds. The molecule has 25 heavy (non-hydrogen) atoms. The third kappa shape index (κ3) is 4.39. The molecule has 1 aromatic heterocycles. The van der Waals surface area contributed by atoms with Gasteiger partial charge < -0.3 is 11.1 Å². The second-order valence-electron chi connectivity index (χ2n) is 6.54. The van der Waals surface area contributed by atoms with Crippen molar-refractivity contribution in [2.75, 3.05) is 19.6 Å². The smallest absolute Gasteiger partial charge is 0.188 e. The minimum absolute atomic E-state index is 0.509. The molecule has 1 unspecified atom stereocenters. The first-order valence-corrected chi connectivity index (χ1v) is 9.05. The quantitative estimate of drug-likeness (QED) is 0.624. The standard InChI is InChI=1S/C19H28N6/c1-3-24-11-6-8-17(24)14-22-19(20)21-13-16-7-4-5-9-18(16)25-12-10-15(2)23-25/h4-5,7,9-10,12,17H,3,6,8,11,13-14H2,1-2H3,(H3,20,21,22). The summed E-state index contributed by atoms with van der Waals surface area (Å²) < 4.78 is 1.89. The molecule has 6 nitrogen and oxygen atoms in total. The molecule has 1 atom stereocenters. The Morgan fingerprint density at radius 3 is 2.96 bits per heavy atom. The molecule has 0 bridgehead atoms. The fourth-order valence-electron chi connectivity index (χ4n) is 3.41. The van der Waals surface area contributed by atoms with Crippen molar-refractivity contribution in [2.24, 2.45) is 10.7 Å². The van der Waals surface area contributed by atoms with E-state index >= 15 is 0 Å². The van der Waals surface area contributed by atoms with Crippen molar-refractivity contribution < 1.29 is 0 Å². The summed E-state index contributed by atoms with van der Waals surface area (Å²) >= 11 is 0. The van der Waals surface area contributed by atoms with Crippen LogP contribution in [0.4, 0.5) is 0 Å². The first kappa shape index (κ1) is 17.5. The summed E-state index contributed by atoms with van der Waals surface area (Å²) in [6.07, 6.45) is 4.47. The summed E-state index contributed by atoms with van der Waals surface area (Å²) in [5.74, 6) is 0.509. The van der Waals surface area contributed by atoms with Crippen LogP contribution in [-0.4, -0.2) is 46.3 Å². The third-order valence-corrected chi connectivity index (χ3v) is 4.80. The molecule has 2 aromatic rings. The highest BCUT2D eigenvalue weighted by Crippen LogP contribution is 2.16. The summed E-state index contributed by atoms with van der Waals surface area (Å²) in [5, 5.41) is 7.78. The minimum Gasteiger partial charge on any atom is -0.370 e. The Labute approximate surface area is 149 Å². The summed E-state index contributed by atoms with van der Waals surface area (Å²) in [6.45, 7) is 7.89. The van der Waals surface area contributed by atoms with Crippen LogP contribution >= 0.6 is 0 Å².